The van der Waals surface area contributed by atoms with E-state index in [0.717, 1.165) is 11.1 Å². The Balaban J connectivity index is 2.56. The van der Waals surface area contributed by atoms with Crippen LogP contribution >= 0.6 is 0 Å². The highest BCUT2D eigenvalue weighted by atomic mass is 19.1. The summed E-state index contributed by atoms with van der Waals surface area (Å²) in [6, 6.07) is 4.68. The second-order valence-corrected chi connectivity index (χ2v) is 5.56. The van der Waals surface area contributed by atoms with Crippen molar-refractivity contribution in [3.8, 4) is 0 Å². The van der Waals surface area contributed by atoms with Crippen LogP contribution in [0.4, 0.5) is 4.39 Å². The van der Waals surface area contributed by atoms with Gasteiger partial charge >= 0.3 is 0 Å². The molecule has 0 bridgehead atoms. The van der Waals surface area contributed by atoms with Gasteiger partial charge in [0.15, 0.2) is 0 Å². The molecular weight excluding hydrogens is 217 g/mol. The summed E-state index contributed by atoms with van der Waals surface area (Å²) in [6.07, 6.45) is -0.0122. The van der Waals surface area contributed by atoms with Gasteiger partial charge in [-0.3, -0.25) is 0 Å². The highest BCUT2D eigenvalue weighted by Crippen LogP contribution is 2.12. The first-order valence-electron chi connectivity index (χ1n) is 5.96. The van der Waals surface area contributed by atoms with E-state index in [1.54, 1.807) is 6.07 Å². The van der Waals surface area contributed by atoms with Crippen molar-refractivity contribution in [3.63, 3.8) is 0 Å². The molecule has 96 valence electrons. The lowest BCUT2D eigenvalue weighted by atomic mass is 10.0. The summed E-state index contributed by atoms with van der Waals surface area (Å²) < 4.78 is 13.1. The van der Waals surface area contributed by atoms with E-state index in [-0.39, 0.29) is 11.4 Å². The van der Waals surface area contributed by atoms with E-state index >= 15 is 0 Å². The quantitative estimate of drug-likeness (QED) is 0.845. The van der Waals surface area contributed by atoms with Crippen LogP contribution in [0, 0.1) is 12.7 Å². The van der Waals surface area contributed by atoms with E-state index in [1.807, 2.05) is 27.7 Å². The van der Waals surface area contributed by atoms with Crippen LogP contribution in [0.15, 0.2) is 18.2 Å². The van der Waals surface area contributed by atoms with Gasteiger partial charge in [0.2, 0.25) is 0 Å². The number of aliphatic hydroxyl groups excluding tert-OH is 1. The molecule has 1 aromatic rings. The Morgan fingerprint density at radius 2 is 2.00 bits per heavy atom. The molecule has 2 nitrogen and oxygen atoms in total. The van der Waals surface area contributed by atoms with E-state index in [4.69, 9.17) is 0 Å². The average molecular weight is 239 g/mol. The van der Waals surface area contributed by atoms with Crippen LogP contribution in [0.2, 0.25) is 0 Å². The largest absolute Gasteiger partial charge is 0.391 e. The van der Waals surface area contributed by atoms with E-state index in [1.165, 1.54) is 12.1 Å². The Bertz CT molecular complexity index is 371. The molecule has 0 aliphatic heterocycles. The number of benzene rings is 1. The standard InChI is InChI=1S/C14H22FNO/c1-10-5-6-12(15)7-11(10)8-13(17)9-16-14(2,3)4/h5-7,13,16-17H,8-9H2,1-4H3. The van der Waals surface area contributed by atoms with Crippen LogP contribution in [0.25, 0.3) is 0 Å². The summed E-state index contributed by atoms with van der Waals surface area (Å²) >= 11 is 0. The third-order valence-corrected chi connectivity index (χ3v) is 2.63. The lowest BCUT2D eigenvalue weighted by Crippen LogP contribution is -2.41. The molecule has 1 rings (SSSR count). The molecule has 0 fully saturated rings. The van der Waals surface area contributed by atoms with Crippen molar-refractivity contribution in [2.45, 2.75) is 45.8 Å². The van der Waals surface area contributed by atoms with Crippen molar-refractivity contribution in [3.05, 3.63) is 35.1 Å². The van der Waals surface area contributed by atoms with Gasteiger partial charge in [-0.15, -0.1) is 0 Å². The Morgan fingerprint density at radius 1 is 1.35 bits per heavy atom. The first-order chi connectivity index (χ1) is 7.78. The molecular formula is C14H22FNO. The molecule has 0 aliphatic rings. The van der Waals surface area contributed by atoms with E-state index in [9.17, 15) is 9.50 Å². The van der Waals surface area contributed by atoms with Gasteiger partial charge in [-0.05, 0) is 57.4 Å². The summed E-state index contributed by atoms with van der Waals surface area (Å²) in [4.78, 5) is 0. The number of nitrogens with one attached hydrogen (secondary N) is 1. The molecule has 0 aromatic heterocycles. The number of aliphatic hydroxyl groups is 1. The zero-order valence-electron chi connectivity index (χ0n) is 11.0. The summed E-state index contributed by atoms with van der Waals surface area (Å²) in [5, 5.41) is 13.1. The van der Waals surface area contributed by atoms with Crippen molar-refractivity contribution in [2.24, 2.45) is 0 Å². The maximum atomic E-state index is 13.1. The Labute approximate surface area is 103 Å². The van der Waals surface area contributed by atoms with Crippen molar-refractivity contribution in [1.82, 2.24) is 5.32 Å². The minimum atomic E-state index is -0.491. The SMILES string of the molecule is Cc1ccc(F)cc1CC(O)CNC(C)(C)C. The molecule has 0 saturated carbocycles. The molecule has 1 unspecified atom stereocenters. The van der Waals surface area contributed by atoms with Gasteiger partial charge in [-0.1, -0.05) is 6.07 Å². The molecule has 17 heavy (non-hydrogen) atoms. The number of hydrogen-bond acceptors (Lipinski definition) is 2. The zero-order chi connectivity index (χ0) is 13.1. The molecule has 0 radical (unpaired) electrons. The average Bonchev–Trinajstić information content (AvgIpc) is 2.20. The fourth-order valence-corrected chi connectivity index (χ4v) is 1.61. The van der Waals surface area contributed by atoms with Crippen molar-refractivity contribution >= 4 is 0 Å². The van der Waals surface area contributed by atoms with Crippen LogP contribution in [-0.4, -0.2) is 23.3 Å². The monoisotopic (exact) mass is 239 g/mol. The van der Waals surface area contributed by atoms with Gasteiger partial charge in [-0.25, -0.2) is 4.39 Å². The Morgan fingerprint density at radius 3 is 2.59 bits per heavy atom. The lowest BCUT2D eigenvalue weighted by molar-refractivity contribution is 0.160. The normalized spacial score (nSPS) is 13.8. The first-order valence-corrected chi connectivity index (χ1v) is 5.96. The van der Waals surface area contributed by atoms with Crippen LogP contribution < -0.4 is 5.32 Å². The molecule has 1 atom stereocenters. The lowest BCUT2D eigenvalue weighted by Gasteiger charge is -2.23. The molecule has 0 spiro atoms. The van der Waals surface area contributed by atoms with Crippen LogP contribution in [0.3, 0.4) is 0 Å². The van der Waals surface area contributed by atoms with E-state index in [2.05, 4.69) is 5.32 Å². The second-order valence-electron chi connectivity index (χ2n) is 5.56. The molecule has 3 heteroatoms. The Kier molecular flexibility index (Phi) is 4.66. The molecule has 0 amide bonds. The summed E-state index contributed by atoms with van der Waals surface area (Å²) in [5.41, 5.74) is 1.87. The highest BCUT2D eigenvalue weighted by molar-refractivity contribution is 5.27. The maximum absolute atomic E-state index is 13.1. The maximum Gasteiger partial charge on any atom is 0.123 e. The van der Waals surface area contributed by atoms with Gasteiger partial charge in [0.25, 0.3) is 0 Å². The number of aryl methyl sites for hydroxylation is 1. The zero-order valence-corrected chi connectivity index (χ0v) is 11.0. The summed E-state index contributed by atoms with van der Waals surface area (Å²) in [5.74, 6) is -0.249. The first kappa shape index (κ1) is 14.1. The highest BCUT2D eigenvalue weighted by Gasteiger charge is 2.13. The number of hydrogen-bond donors (Lipinski definition) is 2. The molecule has 0 heterocycles. The van der Waals surface area contributed by atoms with Crippen LogP contribution in [0.5, 0.6) is 0 Å². The minimum absolute atomic E-state index is 0.0159. The third-order valence-electron chi connectivity index (χ3n) is 2.63. The second kappa shape index (κ2) is 5.61. The van der Waals surface area contributed by atoms with Gasteiger partial charge in [-0.2, -0.15) is 0 Å². The van der Waals surface area contributed by atoms with Gasteiger partial charge in [0, 0.05) is 12.1 Å². The van der Waals surface area contributed by atoms with Gasteiger partial charge < -0.3 is 10.4 Å². The van der Waals surface area contributed by atoms with Gasteiger partial charge in [0.1, 0.15) is 5.82 Å². The van der Waals surface area contributed by atoms with Crippen LogP contribution in [-0.2, 0) is 6.42 Å². The number of rotatable bonds is 4. The topological polar surface area (TPSA) is 32.3 Å². The number of halogens is 1. The van der Waals surface area contributed by atoms with Crippen LogP contribution in [0.1, 0.15) is 31.9 Å². The minimum Gasteiger partial charge on any atom is -0.391 e. The summed E-state index contributed by atoms with van der Waals surface area (Å²) in [6.45, 7) is 8.59. The molecule has 2 N–H and O–H groups in total. The van der Waals surface area contributed by atoms with Gasteiger partial charge in [0.05, 0.1) is 6.10 Å². The van der Waals surface area contributed by atoms with Crippen molar-refractivity contribution < 1.29 is 9.50 Å². The van der Waals surface area contributed by atoms with E-state index < -0.39 is 6.10 Å². The number of β-amino-alcohol motifs (C(OH)–C–C–N with tert-alkyl or cyclic N) is 1. The predicted octanol–water partition coefficient (Wildman–Crippen LogP) is 2.43. The molecule has 0 saturated heterocycles. The van der Waals surface area contributed by atoms with Crippen molar-refractivity contribution in [1.29, 1.82) is 0 Å². The molecule has 0 aliphatic carbocycles. The smallest absolute Gasteiger partial charge is 0.123 e. The Hall–Kier alpha value is -0.930. The van der Waals surface area contributed by atoms with E-state index in [0.29, 0.717) is 13.0 Å². The fourth-order valence-electron chi connectivity index (χ4n) is 1.61. The predicted molar refractivity (Wildman–Crippen MR) is 68.6 cm³/mol. The molecule has 1 aromatic carbocycles. The fraction of sp³-hybridized carbons (Fsp3) is 0.571. The third kappa shape index (κ3) is 5.29. The summed E-state index contributed by atoms with van der Waals surface area (Å²) in [7, 11) is 0. The van der Waals surface area contributed by atoms with Crippen molar-refractivity contribution in [2.75, 3.05) is 6.54 Å².